The summed E-state index contributed by atoms with van der Waals surface area (Å²) in [6.45, 7) is 9.69. The summed E-state index contributed by atoms with van der Waals surface area (Å²) in [5.41, 5.74) is 0. The van der Waals surface area contributed by atoms with Crippen LogP contribution in [0.5, 0.6) is 0 Å². The van der Waals surface area contributed by atoms with E-state index < -0.39 is 97.5 Å². The van der Waals surface area contributed by atoms with Crippen molar-refractivity contribution in [3.8, 4) is 0 Å². The maximum atomic E-state index is 13.1. The van der Waals surface area contributed by atoms with E-state index >= 15 is 0 Å². The van der Waals surface area contributed by atoms with Crippen LogP contribution in [0.4, 0.5) is 0 Å². The van der Waals surface area contributed by atoms with Crippen LogP contribution in [-0.2, 0) is 65.4 Å². The van der Waals surface area contributed by atoms with E-state index in [0.29, 0.717) is 25.7 Å². The molecular formula is C79H154O17P2. The SMILES string of the molecule is CCCCCCCCCCCCCCCC(=O)OC[C@H](COP(=O)(O)OC[C@H](O)COP(=O)(O)OC[C@@H](COC(=O)CCCCCCCCCCCCCC(C)C)OC(=O)CCCCCCCCCCCCCCCCC(C)CC)OC(=O)CCCCCCCCCCCCCCC. The lowest BCUT2D eigenvalue weighted by molar-refractivity contribution is -0.161. The van der Waals surface area contributed by atoms with Gasteiger partial charge in [-0.05, 0) is 37.5 Å². The molecule has 3 N–H and O–H groups in total. The molecule has 0 spiro atoms. The lowest BCUT2D eigenvalue weighted by atomic mass is 9.99. The van der Waals surface area contributed by atoms with E-state index in [-0.39, 0.29) is 25.7 Å². The van der Waals surface area contributed by atoms with Crippen molar-refractivity contribution in [1.82, 2.24) is 0 Å². The van der Waals surface area contributed by atoms with Crippen molar-refractivity contribution >= 4 is 39.5 Å². The number of esters is 4. The minimum absolute atomic E-state index is 0.108. The topological polar surface area (TPSA) is 237 Å². The molecule has 0 aliphatic rings. The summed E-state index contributed by atoms with van der Waals surface area (Å²) in [5, 5.41) is 10.6. The number of hydrogen-bond acceptors (Lipinski definition) is 15. The number of hydrogen-bond donors (Lipinski definition) is 3. The molecule has 582 valence electrons. The van der Waals surface area contributed by atoms with E-state index in [4.69, 9.17) is 37.0 Å². The average Bonchev–Trinajstić information content (AvgIpc) is 1.16. The molecule has 0 fully saturated rings. The summed E-state index contributed by atoms with van der Waals surface area (Å²) in [4.78, 5) is 73.0. The fourth-order valence-corrected chi connectivity index (χ4v) is 13.7. The first-order valence-corrected chi connectivity index (χ1v) is 44.0. The molecule has 0 saturated heterocycles. The lowest BCUT2D eigenvalue weighted by Crippen LogP contribution is -2.30. The first-order chi connectivity index (χ1) is 47.4. The van der Waals surface area contributed by atoms with Crippen LogP contribution in [0, 0.1) is 11.8 Å². The molecule has 6 atom stereocenters. The second kappa shape index (κ2) is 70.7. The fraction of sp³-hybridized carbons (Fsp3) is 0.949. The van der Waals surface area contributed by atoms with E-state index in [1.165, 1.54) is 231 Å². The quantitative estimate of drug-likeness (QED) is 0.0222. The zero-order valence-corrected chi connectivity index (χ0v) is 65.9. The molecule has 0 aromatic carbocycles. The largest absolute Gasteiger partial charge is 0.472 e. The third-order valence-corrected chi connectivity index (χ3v) is 20.7. The molecule has 3 unspecified atom stereocenters. The first-order valence-electron chi connectivity index (χ1n) is 41.0. The second-order valence-electron chi connectivity index (χ2n) is 29.2. The smallest absolute Gasteiger partial charge is 0.462 e. The summed E-state index contributed by atoms with van der Waals surface area (Å²) >= 11 is 0. The van der Waals surface area contributed by atoms with Gasteiger partial charge in [0.25, 0.3) is 0 Å². The van der Waals surface area contributed by atoms with Gasteiger partial charge in [0.15, 0.2) is 12.2 Å². The molecule has 0 aliphatic carbocycles. The summed E-state index contributed by atoms with van der Waals surface area (Å²) in [6, 6.07) is 0. The summed E-state index contributed by atoms with van der Waals surface area (Å²) in [7, 11) is -9.92. The minimum atomic E-state index is -4.96. The average molecular weight is 1440 g/mol. The van der Waals surface area contributed by atoms with Crippen LogP contribution in [-0.4, -0.2) is 96.7 Å². The van der Waals surface area contributed by atoms with E-state index in [9.17, 15) is 43.2 Å². The van der Waals surface area contributed by atoms with Crippen LogP contribution in [0.15, 0.2) is 0 Å². The number of rotatable bonds is 78. The Bertz CT molecular complexity index is 1890. The van der Waals surface area contributed by atoms with Crippen LogP contribution in [0.2, 0.25) is 0 Å². The van der Waals surface area contributed by atoms with Crippen molar-refractivity contribution in [2.75, 3.05) is 39.6 Å². The van der Waals surface area contributed by atoms with Crippen molar-refractivity contribution in [3.05, 3.63) is 0 Å². The number of aliphatic hydroxyl groups excluding tert-OH is 1. The molecule has 0 heterocycles. The Labute approximate surface area is 600 Å². The van der Waals surface area contributed by atoms with Gasteiger partial charge in [-0.15, -0.1) is 0 Å². The van der Waals surface area contributed by atoms with Gasteiger partial charge < -0.3 is 33.8 Å². The number of phosphoric ester groups is 2. The summed E-state index contributed by atoms with van der Waals surface area (Å²) in [5.74, 6) is -0.491. The van der Waals surface area contributed by atoms with E-state index in [2.05, 4.69) is 41.5 Å². The third-order valence-electron chi connectivity index (χ3n) is 18.8. The first kappa shape index (κ1) is 96.1. The maximum Gasteiger partial charge on any atom is 0.472 e. The Morgan fingerprint density at radius 1 is 0.296 bits per heavy atom. The molecule has 98 heavy (non-hydrogen) atoms. The van der Waals surface area contributed by atoms with Gasteiger partial charge >= 0.3 is 39.5 Å². The van der Waals surface area contributed by atoms with Gasteiger partial charge in [-0.25, -0.2) is 9.13 Å². The van der Waals surface area contributed by atoms with Crippen LogP contribution < -0.4 is 0 Å². The van der Waals surface area contributed by atoms with Crippen LogP contribution in [0.25, 0.3) is 0 Å². The molecule has 0 saturated carbocycles. The molecule has 0 amide bonds. The molecule has 0 aromatic heterocycles. The van der Waals surface area contributed by atoms with Gasteiger partial charge in [0.05, 0.1) is 26.4 Å². The molecule has 17 nitrogen and oxygen atoms in total. The van der Waals surface area contributed by atoms with E-state index in [1.807, 2.05) is 0 Å². The van der Waals surface area contributed by atoms with Gasteiger partial charge in [0, 0.05) is 25.7 Å². The van der Waals surface area contributed by atoms with E-state index in [1.54, 1.807) is 0 Å². The molecular weight excluding hydrogens is 1280 g/mol. The normalized spacial score (nSPS) is 14.2. The number of ether oxygens (including phenoxy) is 4. The van der Waals surface area contributed by atoms with Crippen molar-refractivity contribution in [3.63, 3.8) is 0 Å². The van der Waals surface area contributed by atoms with Crippen LogP contribution >= 0.6 is 15.6 Å². The monoisotopic (exact) mass is 1440 g/mol. The number of aliphatic hydroxyl groups is 1. The van der Waals surface area contributed by atoms with Crippen LogP contribution in [0.1, 0.15) is 414 Å². The molecule has 0 aliphatic heterocycles. The standard InChI is InChI=1S/C79H154O17P2/c1-7-10-12-14-16-18-20-24-31-37-43-49-55-61-76(81)89-67-74(95-78(83)63-57-51-45-39-32-25-21-19-17-15-13-11-8-2)69-93-97(85,86)91-65-73(80)66-92-98(87,88)94-70-75(68-90-77(82)62-56-50-44-38-34-28-29-35-41-47-53-59-71(4)5)96-79(84)64-58-52-46-40-33-27-23-22-26-30-36-42-48-54-60-72(6)9-3/h71-75,80H,7-70H2,1-6H3,(H,85,86)(H,87,88)/t72?,73-,74+,75+/m0/s1. The predicted octanol–water partition coefficient (Wildman–Crippen LogP) is 23.5. The minimum Gasteiger partial charge on any atom is -0.462 e. The number of unbranched alkanes of at least 4 members (excludes halogenated alkanes) is 47. The molecule has 0 radical (unpaired) electrons. The summed E-state index contributed by atoms with van der Waals surface area (Å²) < 4.78 is 68.7. The molecule has 19 heteroatoms. The lowest BCUT2D eigenvalue weighted by Gasteiger charge is -2.21. The van der Waals surface area contributed by atoms with Gasteiger partial charge in [-0.2, -0.15) is 0 Å². The fourth-order valence-electron chi connectivity index (χ4n) is 12.2. The number of phosphoric acid groups is 2. The van der Waals surface area contributed by atoms with Gasteiger partial charge in [0.2, 0.25) is 0 Å². The highest BCUT2D eigenvalue weighted by Gasteiger charge is 2.30. The maximum absolute atomic E-state index is 13.1. The molecule has 0 bridgehead atoms. The Morgan fingerprint density at radius 3 is 0.776 bits per heavy atom. The van der Waals surface area contributed by atoms with Crippen LogP contribution in [0.3, 0.4) is 0 Å². The highest BCUT2D eigenvalue weighted by molar-refractivity contribution is 7.47. The van der Waals surface area contributed by atoms with Crippen molar-refractivity contribution in [1.29, 1.82) is 0 Å². The molecule has 0 aromatic rings. The van der Waals surface area contributed by atoms with Gasteiger partial charge in [-0.1, -0.05) is 363 Å². The Balaban J connectivity index is 5.26. The molecule has 0 rings (SSSR count). The second-order valence-corrected chi connectivity index (χ2v) is 32.1. The van der Waals surface area contributed by atoms with E-state index in [0.717, 1.165) is 102 Å². The zero-order valence-electron chi connectivity index (χ0n) is 64.1. The summed E-state index contributed by atoms with van der Waals surface area (Å²) in [6.07, 6.45) is 59.4. The third kappa shape index (κ3) is 71.1. The highest BCUT2D eigenvalue weighted by Crippen LogP contribution is 2.45. The highest BCUT2D eigenvalue weighted by atomic mass is 31.2. The number of carbonyl (C=O) groups is 4. The Morgan fingerprint density at radius 2 is 0.520 bits per heavy atom. The predicted molar refractivity (Wildman–Crippen MR) is 400 cm³/mol. The van der Waals surface area contributed by atoms with Gasteiger partial charge in [-0.3, -0.25) is 37.3 Å². The Kier molecular flexibility index (Phi) is 69.3. The zero-order chi connectivity index (χ0) is 72.1. The Hall–Kier alpha value is -1.94. The van der Waals surface area contributed by atoms with Gasteiger partial charge in [0.1, 0.15) is 19.3 Å². The van der Waals surface area contributed by atoms with Crippen molar-refractivity contribution < 1.29 is 80.2 Å². The number of carbonyl (C=O) groups excluding carboxylic acids is 4. The van der Waals surface area contributed by atoms with Crippen molar-refractivity contribution in [2.45, 2.75) is 432 Å². The van der Waals surface area contributed by atoms with Crippen molar-refractivity contribution in [2.24, 2.45) is 11.8 Å².